The summed E-state index contributed by atoms with van der Waals surface area (Å²) in [6.45, 7) is 2.14. The molecule has 24 heavy (non-hydrogen) atoms. The van der Waals surface area contributed by atoms with Gasteiger partial charge in [0, 0.05) is 16.1 Å². The van der Waals surface area contributed by atoms with Gasteiger partial charge in [-0.15, -0.1) is 0 Å². The SMILES string of the molecule is CC1(N)CCCCC1C(=O)NCc1nc(-c2cccc(Cl)c2)no1. The molecule has 2 unspecified atom stereocenters. The fraction of sp³-hybridized carbons (Fsp3) is 0.471. The summed E-state index contributed by atoms with van der Waals surface area (Å²) in [6.07, 6.45) is 3.79. The van der Waals surface area contributed by atoms with Crippen molar-refractivity contribution in [3.63, 3.8) is 0 Å². The van der Waals surface area contributed by atoms with Gasteiger partial charge < -0.3 is 15.6 Å². The third-order valence-corrected chi connectivity index (χ3v) is 4.77. The van der Waals surface area contributed by atoms with Crippen LogP contribution in [0.2, 0.25) is 5.02 Å². The second kappa shape index (κ2) is 6.91. The number of benzene rings is 1. The number of aromatic nitrogens is 2. The molecule has 1 aromatic heterocycles. The van der Waals surface area contributed by atoms with Crippen LogP contribution in [0.25, 0.3) is 11.4 Å². The fourth-order valence-corrected chi connectivity index (χ4v) is 3.34. The summed E-state index contributed by atoms with van der Waals surface area (Å²) >= 11 is 5.96. The van der Waals surface area contributed by atoms with Crippen LogP contribution in [-0.2, 0) is 11.3 Å². The average Bonchev–Trinajstić information content (AvgIpc) is 3.01. The van der Waals surface area contributed by atoms with E-state index in [0.717, 1.165) is 31.2 Å². The van der Waals surface area contributed by atoms with E-state index in [9.17, 15) is 4.79 Å². The molecule has 0 radical (unpaired) electrons. The Labute approximate surface area is 145 Å². The van der Waals surface area contributed by atoms with Crippen molar-refractivity contribution in [1.82, 2.24) is 15.5 Å². The van der Waals surface area contributed by atoms with Crippen LogP contribution >= 0.6 is 11.6 Å². The van der Waals surface area contributed by atoms with Gasteiger partial charge in [0.05, 0.1) is 12.5 Å². The summed E-state index contributed by atoms with van der Waals surface area (Å²) in [5.41, 5.74) is 6.58. The first-order chi connectivity index (χ1) is 11.5. The van der Waals surface area contributed by atoms with Gasteiger partial charge in [-0.05, 0) is 31.9 Å². The van der Waals surface area contributed by atoms with Crippen LogP contribution in [0.3, 0.4) is 0 Å². The molecule has 128 valence electrons. The summed E-state index contributed by atoms with van der Waals surface area (Å²) in [5.74, 6) is 0.569. The molecule has 1 saturated carbocycles. The van der Waals surface area contributed by atoms with Gasteiger partial charge in [-0.25, -0.2) is 0 Å². The van der Waals surface area contributed by atoms with E-state index in [4.69, 9.17) is 21.9 Å². The van der Waals surface area contributed by atoms with E-state index >= 15 is 0 Å². The number of nitrogens with one attached hydrogen (secondary N) is 1. The third-order valence-electron chi connectivity index (χ3n) is 4.54. The zero-order valence-corrected chi connectivity index (χ0v) is 14.3. The summed E-state index contributed by atoms with van der Waals surface area (Å²) in [4.78, 5) is 16.7. The maximum absolute atomic E-state index is 12.4. The normalized spacial score (nSPS) is 23.9. The molecule has 1 aliphatic carbocycles. The number of carbonyl (C=O) groups is 1. The van der Waals surface area contributed by atoms with Crippen LogP contribution < -0.4 is 11.1 Å². The van der Waals surface area contributed by atoms with Gasteiger partial charge >= 0.3 is 0 Å². The molecule has 3 N–H and O–H groups in total. The Balaban J connectivity index is 1.62. The van der Waals surface area contributed by atoms with Crippen molar-refractivity contribution in [1.29, 1.82) is 0 Å². The van der Waals surface area contributed by atoms with E-state index in [1.54, 1.807) is 12.1 Å². The van der Waals surface area contributed by atoms with E-state index in [2.05, 4.69) is 15.5 Å². The summed E-state index contributed by atoms with van der Waals surface area (Å²) < 4.78 is 5.20. The number of halogens is 1. The van der Waals surface area contributed by atoms with Gasteiger partial charge in [0.1, 0.15) is 0 Å². The number of rotatable bonds is 4. The van der Waals surface area contributed by atoms with Gasteiger partial charge in [-0.3, -0.25) is 4.79 Å². The Morgan fingerprint density at radius 1 is 1.50 bits per heavy atom. The first-order valence-corrected chi connectivity index (χ1v) is 8.48. The molecule has 0 aliphatic heterocycles. The van der Waals surface area contributed by atoms with Crippen molar-refractivity contribution < 1.29 is 9.32 Å². The molecule has 1 aliphatic rings. The molecule has 1 amide bonds. The Morgan fingerprint density at radius 3 is 3.08 bits per heavy atom. The maximum Gasteiger partial charge on any atom is 0.246 e. The maximum atomic E-state index is 12.4. The lowest BCUT2D eigenvalue weighted by Gasteiger charge is -2.37. The number of carbonyl (C=O) groups excluding carboxylic acids is 1. The summed E-state index contributed by atoms with van der Waals surface area (Å²) in [5, 5.41) is 7.39. The number of nitrogens with zero attached hydrogens (tertiary/aromatic N) is 2. The van der Waals surface area contributed by atoms with E-state index in [1.807, 2.05) is 19.1 Å². The van der Waals surface area contributed by atoms with Crippen LogP contribution in [-0.4, -0.2) is 21.6 Å². The second-order valence-corrected chi connectivity index (χ2v) is 6.98. The first-order valence-electron chi connectivity index (χ1n) is 8.11. The molecular weight excluding hydrogens is 328 g/mol. The smallest absolute Gasteiger partial charge is 0.246 e. The molecule has 1 fully saturated rings. The van der Waals surface area contributed by atoms with Gasteiger partial charge in [0.2, 0.25) is 17.6 Å². The largest absolute Gasteiger partial charge is 0.347 e. The Hall–Kier alpha value is -1.92. The number of amides is 1. The third kappa shape index (κ3) is 3.76. The van der Waals surface area contributed by atoms with Gasteiger partial charge in [0.25, 0.3) is 0 Å². The Morgan fingerprint density at radius 2 is 2.33 bits per heavy atom. The zero-order chi connectivity index (χ0) is 17.2. The lowest BCUT2D eigenvalue weighted by Crippen LogP contribution is -2.52. The first kappa shape index (κ1) is 16.9. The monoisotopic (exact) mass is 348 g/mol. The van der Waals surface area contributed by atoms with Crippen LogP contribution in [0.15, 0.2) is 28.8 Å². The minimum Gasteiger partial charge on any atom is -0.347 e. The van der Waals surface area contributed by atoms with Crippen molar-refractivity contribution in [2.24, 2.45) is 11.7 Å². The molecule has 2 atom stereocenters. The highest BCUT2D eigenvalue weighted by molar-refractivity contribution is 6.30. The molecular formula is C17H21ClN4O2. The molecule has 3 rings (SSSR count). The molecule has 1 aromatic carbocycles. The van der Waals surface area contributed by atoms with Crippen LogP contribution in [0.1, 0.15) is 38.5 Å². The van der Waals surface area contributed by atoms with Crippen molar-refractivity contribution in [2.75, 3.05) is 0 Å². The van der Waals surface area contributed by atoms with E-state index in [0.29, 0.717) is 16.7 Å². The highest BCUT2D eigenvalue weighted by Gasteiger charge is 2.37. The quantitative estimate of drug-likeness (QED) is 0.885. The van der Waals surface area contributed by atoms with Crippen molar-refractivity contribution in [2.45, 2.75) is 44.7 Å². The fourth-order valence-electron chi connectivity index (χ4n) is 3.15. The number of hydrogen-bond acceptors (Lipinski definition) is 5. The van der Waals surface area contributed by atoms with Crippen LogP contribution in [0.4, 0.5) is 0 Å². The molecule has 0 spiro atoms. The zero-order valence-electron chi connectivity index (χ0n) is 13.6. The van der Waals surface area contributed by atoms with Gasteiger partial charge in [0.15, 0.2) is 0 Å². The number of hydrogen-bond donors (Lipinski definition) is 2. The van der Waals surface area contributed by atoms with Crippen molar-refractivity contribution in [3.8, 4) is 11.4 Å². The summed E-state index contributed by atoms with van der Waals surface area (Å²) in [7, 11) is 0. The van der Waals surface area contributed by atoms with Crippen LogP contribution in [0, 0.1) is 5.92 Å². The lowest BCUT2D eigenvalue weighted by molar-refractivity contribution is -0.128. The molecule has 6 nitrogen and oxygen atoms in total. The molecule has 0 saturated heterocycles. The van der Waals surface area contributed by atoms with Crippen molar-refractivity contribution >= 4 is 17.5 Å². The molecule has 2 aromatic rings. The Kier molecular flexibility index (Phi) is 4.87. The predicted molar refractivity (Wildman–Crippen MR) is 91.1 cm³/mol. The van der Waals surface area contributed by atoms with Crippen LogP contribution in [0.5, 0.6) is 0 Å². The molecule has 0 bridgehead atoms. The number of nitrogens with two attached hydrogens (primary N) is 1. The molecule has 1 heterocycles. The van der Waals surface area contributed by atoms with E-state index in [1.165, 1.54) is 0 Å². The van der Waals surface area contributed by atoms with E-state index in [-0.39, 0.29) is 18.4 Å². The van der Waals surface area contributed by atoms with Gasteiger partial charge in [-0.1, -0.05) is 41.7 Å². The highest BCUT2D eigenvalue weighted by atomic mass is 35.5. The Bertz CT molecular complexity index is 729. The van der Waals surface area contributed by atoms with Gasteiger partial charge in [-0.2, -0.15) is 4.98 Å². The van der Waals surface area contributed by atoms with Crippen molar-refractivity contribution in [3.05, 3.63) is 35.2 Å². The standard InChI is InChI=1S/C17H21ClN4O2/c1-17(19)8-3-2-7-13(17)16(23)20-10-14-21-15(22-24-14)11-5-4-6-12(18)9-11/h4-6,9,13H,2-3,7-8,10,19H2,1H3,(H,20,23). The predicted octanol–water partition coefficient (Wildman–Crippen LogP) is 2.91. The topological polar surface area (TPSA) is 94.0 Å². The second-order valence-electron chi connectivity index (χ2n) is 6.54. The molecule has 7 heteroatoms. The average molecular weight is 349 g/mol. The summed E-state index contributed by atoms with van der Waals surface area (Å²) in [6, 6.07) is 7.21. The highest BCUT2D eigenvalue weighted by Crippen LogP contribution is 2.31. The minimum atomic E-state index is -0.455. The lowest BCUT2D eigenvalue weighted by atomic mass is 9.74. The minimum absolute atomic E-state index is 0.0535. The van der Waals surface area contributed by atoms with E-state index < -0.39 is 5.54 Å².